The van der Waals surface area contributed by atoms with Crippen LogP contribution < -0.4 is 9.64 Å². The fraction of sp³-hybridized carbons (Fsp3) is 0.200. The number of nitrogens with zero attached hydrogens (tertiary/aromatic N) is 1. The van der Waals surface area contributed by atoms with Crippen molar-refractivity contribution in [1.82, 2.24) is 0 Å². The van der Waals surface area contributed by atoms with Crippen LogP contribution in [0.2, 0.25) is 0 Å². The molecule has 0 fully saturated rings. The minimum atomic E-state index is -0.364. The van der Waals surface area contributed by atoms with Gasteiger partial charge < -0.3 is 14.7 Å². The Morgan fingerprint density at radius 2 is 2.00 bits per heavy atom. The molecule has 0 saturated heterocycles. The maximum Gasteiger partial charge on any atom is 0.147 e. The standard InChI is InChI=1S/C15H16FNO2/c1-17(12-4-3-5-13(9-12)19-2)15-7-6-11(10-18)8-14(15)16/h3-9,18H,10H2,1-2H3. The van der Waals surface area contributed by atoms with E-state index in [4.69, 9.17) is 9.84 Å². The van der Waals surface area contributed by atoms with Crippen LogP contribution in [0.5, 0.6) is 5.75 Å². The summed E-state index contributed by atoms with van der Waals surface area (Å²) in [6.07, 6.45) is 0. The lowest BCUT2D eigenvalue weighted by Crippen LogP contribution is -2.11. The summed E-state index contributed by atoms with van der Waals surface area (Å²) in [5.74, 6) is 0.355. The molecule has 0 amide bonds. The average Bonchev–Trinajstić information content (AvgIpc) is 2.46. The number of hydrogen-bond acceptors (Lipinski definition) is 3. The minimum Gasteiger partial charge on any atom is -0.497 e. The maximum atomic E-state index is 14.0. The van der Waals surface area contributed by atoms with Gasteiger partial charge in [0.2, 0.25) is 0 Å². The highest BCUT2D eigenvalue weighted by molar-refractivity contribution is 5.64. The molecule has 0 spiro atoms. The molecule has 0 unspecified atom stereocenters. The number of rotatable bonds is 4. The van der Waals surface area contributed by atoms with E-state index in [0.29, 0.717) is 11.3 Å². The average molecular weight is 261 g/mol. The summed E-state index contributed by atoms with van der Waals surface area (Å²) < 4.78 is 19.1. The topological polar surface area (TPSA) is 32.7 Å². The van der Waals surface area contributed by atoms with Crippen molar-refractivity contribution in [3.63, 3.8) is 0 Å². The Morgan fingerprint density at radius 3 is 2.63 bits per heavy atom. The van der Waals surface area contributed by atoms with Crippen LogP contribution in [0.4, 0.5) is 15.8 Å². The van der Waals surface area contributed by atoms with Gasteiger partial charge in [-0.1, -0.05) is 12.1 Å². The number of halogens is 1. The van der Waals surface area contributed by atoms with Crippen molar-refractivity contribution in [3.8, 4) is 5.75 Å². The minimum absolute atomic E-state index is 0.167. The van der Waals surface area contributed by atoms with Gasteiger partial charge in [0, 0.05) is 18.8 Å². The molecular formula is C15H16FNO2. The first kappa shape index (κ1) is 13.4. The predicted molar refractivity (Wildman–Crippen MR) is 73.4 cm³/mol. The zero-order valence-electron chi connectivity index (χ0n) is 10.9. The second kappa shape index (κ2) is 5.71. The molecular weight excluding hydrogens is 245 g/mol. The molecule has 2 aromatic rings. The number of aliphatic hydroxyl groups excluding tert-OH is 1. The van der Waals surface area contributed by atoms with Crippen molar-refractivity contribution in [1.29, 1.82) is 0 Å². The fourth-order valence-corrected chi connectivity index (χ4v) is 1.88. The lowest BCUT2D eigenvalue weighted by molar-refractivity contribution is 0.281. The largest absolute Gasteiger partial charge is 0.497 e. The van der Waals surface area contributed by atoms with Gasteiger partial charge in [0.25, 0.3) is 0 Å². The molecule has 3 nitrogen and oxygen atoms in total. The van der Waals surface area contributed by atoms with E-state index in [1.165, 1.54) is 6.07 Å². The maximum absolute atomic E-state index is 14.0. The normalized spacial score (nSPS) is 10.3. The van der Waals surface area contributed by atoms with E-state index < -0.39 is 0 Å². The van der Waals surface area contributed by atoms with E-state index in [1.807, 2.05) is 24.3 Å². The molecule has 2 rings (SSSR count). The summed E-state index contributed by atoms with van der Waals surface area (Å²) in [6.45, 7) is -0.167. The Balaban J connectivity index is 2.35. The molecule has 0 bridgehead atoms. The first-order valence-electron chi connectivity index (χ1n) is 5.92. The number of hydrogen-bond donors (Lipinski definition) is 1. The summed E-state index contributed by atoms with van der Waals surface area (Å²) in [5.41, 5.74) is 1.83. The van der Waals surface area contributed by atoms with Crippen LogP contribution in [0.3, 0.4) is 0 Å². The highest BCUT2D eigenvalue weighted by atomic mass is 19.1. The Labute approximate surface area is 111 Å². The molecule has 0 aromatic heterocycles. The summed E-state index contributed by atoms with van der Waals surface area (Å²) >= 11 is 0. The second-order valence-corrected chi connectivity index (χ2v) is 4.20. The smallest absolute Gasteiger partial charge is 0.147 e. The number of aliphatic hydroxyl groups is 1. The number of benzene rings is 2. The molecule has 2 aromatic carbocycles. The molecule has 100 valence electrons. The quantitative estimate of drug-likeness (QED) is 0.918. The highest BCUT2D eigenvalue weighted by Gasteiger charge is 2.10. The van der Waals surface area contributed by atoms with Gasteiger partial charge in [-0.2, -0.15) is 0 Å². The van der Waals surface area contributed by atoms with E-state index in [1.54, 1.807) is 31.2 Å². The predicted octanol–water partition coefficient (Wildman–Crippen LogP) is 3.09. The van der Waals surface area contributed by atoms with Crippen LogP contribution in [-0.4, -0.2) is 19.3 Å². The molecule has 0 aliphatic carbocycles. The van der Waals surface area contributed by atoms with Crippen LogP contribution in [0.15, 0.2) is 42.5 Å². The van der Waals surface area contributed by atoms with Gasteiger partial charge >= 0.3 is 0 Å². The molecule has 0 saturated carbocycles. The SMILES string of the molecule is COc1cccc(N(C)c2ccc(CO)cc2F)c1. The van der Waals surface area contributed by atoms with Crippen molar-refractivity contribution < 1.29 is 14.2 Å². The molecule has 4 heteroatoms. The fourth-order valence-electron chi connectivity index (χ4n) is 1.88. The lowest BCUT2D eigenvalue weighted by Gasteiger charge is -2.21. The van der Waals surface area contributed by atoms with Crippen molar-refractivity contribution in [2.24, 2.45) is 0 Å². The van der Waals surface area contributed by atoms with Gasteiger partial charge in [-0.05, 0) is 29.8 Å². The van der Waals surface area contributed by atoms with E-state index in [9.17, 15) is 4.39 Å². The zero-order valence-corrected chi connectivity index (χ0v) is 10.9. The van der Waals surface area contributed by atoms with E-state index >= 15 is 0 Å². The third kappa shape index (κ3) is 2.85. The molecule has 1 N–H and O–H groups in total. The van der Waals surface area contributed by atoms with Gasteiger partial charge in [-0.15, -0.1) is 0 Å². The Hall–Kier alpha value is -2.07. The van der Waals surface area contributed by atoms with Crippen molar-refractivity contribution in [2.75, 3.05) is 19.1 Å². The van der Waals surface area contributed by atoms with Gasteiger partial charge in [-0.3, -0.25) is 0 Å². The van der Waals surface area contributed by atoms with Gasteiger partial charge in [-0.25, -0.2) is 4.39 Å². The monoisotopic (exact) mass is 261 g/mol. The Kier molecular flexibility index (Phi) is 4.02. The number of anilines is 2. The summed E-state index contributed by atoms with van der Waals surface area (Å²) in [4.78, 5) is 1.74. The molecule has 0 aliphatic rings. The second-order valence-electron chi connectivity index (χ2n) is 4.20. The van der Waals surface area contributed by atoms with Gasteiger partial charge in [0.05, 0.1) is 19.4 Å². The summed E-state index contributed by atoms with van der Waals surface area (Å²) in [7, 11) is 3.38. The first-order valence-corrected chi connectivity index (χ1v) is 5.92. The van der Waals surface area contributed by atoms with Crippen LogP contribution in [0.25, 0.3) is 0 Å². The summed E-state index contributed by atoms with van der Waals surface area (Å²) in [5, 5.41) is 8.98. The van der Waals surface area contributed by atoms with Crippen LogP contribution >= 0.6 is 0 Å². The molecule has 0 aliphatic heterocycles. The molecule has 0 heterocycles. The van der Waals surface area contributed by atoms with E-state index in [2.05, 4.69) is 0 Å². The Bertz CT molecular complexity index is 572. The van der Waals surface area contributed by atoms with E-state index in [-0.39, 0.29) is 12.4 Å². The van der Waals surface area contributed by atoms with Crippen LogP contribution in [-0.2, 0) is 6.61 Å². The van der Waals surface area contributed by atoms with Crippen LogP contribution in [0, 0.1) is 5.82 Å². The summed E-state index contributed by atoms with van der Waals surface area (Å²) in [6, 6.07) is 12.1. The highest BCUT2D eigenvalue weighted by Crippen LogP contribution is 2.29. The van der Waals surface area contributed by atoms with Crippen molar-refractivity contribution in [2.45, 2.75) is 6.61 Å². The lowest BCUT2D eigenvalue weighted by atomic mass is 10.2. The third-order valence-electron chi connectivity index (χ3n) is 3.00. The van der Waals surface area contributed by atoms with Gasteiger partial charge in [0.15, 0.2) is 0 Å². The molecule has 0 atom stereocenters. The van der Waals surface area contributed by atoms with E-state index in [0.717, 1.165) is 11.4 Å². The van der Waals surface area contributed by atoms with Gasteiger partial charge in [0.1, 0.15) is 11.6 Å². The van der Waals surface area contributed by atoms with Crippen molar-refractivity contribution in [3.05, 3.63) is 53.8 Å². The zero-order chi connectivity index (χ0) is 13.8. The Morgan fingerprint density at radius 1 is 1.21 bits per heavy atom. The number of ether oxygens (including phenoxy) is 1. The molecule has 0 radical (unpaired) electrons. The van der Waals surface area contributed by atoms with Crippen molar-refractivity contribution >= 4 is 11.4 Å². The molecule has 19 heavy (non-hydrogen) atoms. The van der Waals surface area contributed by atoms with Crippen LogP contribution in [0.1, 0.15) is 5.56 Å². The number of methoxy groups -OCH3 is 1. The third-order valence-corrected chi connectivity index (χ3v) is 3.00. The first-order chi connectivity index (χ1) is 9.15.